The molecule has 0 saturated carbocycles. The highest BCUT2D eigenvalue weighted by Crippen LogP contribution is 2.30. The van der Waals surface area contributed by atoms with E-state index in [9.17, 15) is 5.11 Å². The van der Waals surface area contributed by atoms with Crippen LogP contribution in [0.4, 0.5) is 0 Å². The SMILES string of the molecule is CCCC(C)CC(O)c1csc(C(C)(C)C)n1. The average Bonchev–Trinajstić information content (AvgIpc) is 2.65. The van der Waals surface area contributed by atoms with Gasteiger partial charge in [0.2, 0.25) is 0 Å². The lowest BCUT2D eigenvalue weighted by Gasteiger charge is -2.15. The van der Waals surface area contributed by atoms with Crippen LogP contribution in [0.2, 0.25) is 0 Å². The van der Waals surface area contributed by atoms with Crippen molar-refractivity contribution >= 4 is 11.3 Å². The fraction of sp³-hybridized carbons (Fsp3) is 0.786. The maximum Gasteiger partial charge on any atom is 0.0983 e. The molecule has 98 valence electrons. The van der Waals surface area contributed by atoms with Crippen LogP contribution in [0.15, 0.2) is 5.38 Å². The van der Waals surface area contributed by atoms with E-state index in [0.717, 1.165) is 17.1 Å². The predicted molar refractivity (Wildman–Crippen MR) is 74.5 cm³/mol. The van der Waals surface area contributed by atoms with E-state index >= 15 is 0 Å². The molecule has 0 bridgehead atoms. The third-order valence-corrected chi connectivity index (χ3v) is 4.20. The molecule has 3 heteroatoms. The summed E-state index contributed by atoms with van der Waals surface area (Å²) in [6.45, 7) is 10.8. The van der Waals surface area contributed by atoms with E-state index in [1.54, 1.807) is 11.3 Å². The molecule has 2 nitrogen and oxygen atoms in total. The Morgan fingerprint density at radius 2 is 2.06 bits per heavy atom. The molecular weight excluding hydrogens is 230 g/mol. The van der Waals surface area contributed by atoms with Crippen LogP contribution in [0, 0.1) is 5.92 Å². The molecule has 2 atom stereocenters. The number of nitrogens with zero attached hydrogens (tertiary/aromatic N) is 1. The number of aliphatic hydroxyl groups is 1. The minimum Gasteiger partial charge on any atom is -0.387 e. The molecule has 1 N–H and O–H groups in total. The first-order valence-corrected chi connectivity index (χ1v) is 7.36. The van der Waals surface area contributed by atoms with Gasteiger partial charge >= 0.3 is 0 Å². The molecule has 2 unspecified atom stereocenters. The van der Waals surface area contributed by atoms with Crippen LogP contribution >= 0.6 is 11.3 Å². The molecule has 0 radical (unpaired) electrons. The van der Waals surface area contributed by atoms with E-state index in [-0.39, 0.29) is 5.41 Å². The van der Waals surface area contributed by atoms with Crippen molar-refractivity contribution in [2.45, 2.75) is 65.4 Å². The Morgan fingerprint density at radius 3 is 2.53 bits per heavy atom. The monoisotopic (exact) mass is 255 g/mol. The second-order valence-electron chi connectivity index (χ2n) is 5.97. The fourth-order valence-corrected chi connectivity index (χ4v) is 2.85. The number of aliphatic hydroxyl groups excluding tert-OH is 1. The quantitative estimate of drug-likeness (QED) is 0.851. The lowest BCUT2D eigenvalue weighted by Crippen LogP contribution is -2.11. The molecule has 1 aromatic rings. The van der Waals surface area contributed by atoms with Crippen molar-refractivity contribution < 1.29 is 5.11 Å². The summed E-state index contributed by atoms with van der Waals surface area (Å²) in [6, 6.07) is 0. The summed E-state index contributed by atoms with van der Waals surface area (Å²) in [4.78, 5) is 4.56. The zero-order valence-corrected chi connectivity index (χ0v) is 12.5. The maximum absolute atomic E-state index is 10.1. The van der Waals surface area contributed by atoms with E-state index < -0.39 is 6.10 Å². The molecule has 0 amide bonds. The average molecular weight is 255 g/mol. The fourth-order valence-electron chi connectivity index (χ4n) is 1.90. The summed E-state index contributed by atoms with van der Waals surface area (Å²) in [5.41, 5.74) is 0.931. The van der Waals surface area contributed by atoms with E-state index in [1.807, 2.05) is 5.38 Å². The first kappa shape index (κ1) is 14.7. The van der Waals surface area contributed by atoms with Crippen molar-refractivity contribution in [2.24, 2.45) is 5.92 Å². The second-order valence-corrected chi connectivity index (χ2v) is 6.83. The van der Waals surface area contributed by atoms with Gasteiger partial charge in [0.05, 0.1) is 16.8 Å². The van der Waals surface area contributed by atoms with Gasteiger partial charge in [-0.2, -0.15) is 0 Å². The summed E-state index contributed by atoms with van der Waals surface area (Å²) in [7, 11) is 0. The van der Waals surface area contributed by atoms with Crippen molar-refractivity contribution in [3.63, 3.8) is 0 Å². The van der Waals surface area contributed by atoms with E-state index in [0.29, 0.717) is 5.92 Å². The standard InChI is InChI=1S/C14H25NOS/c1-6-7-10(2)8-12(16)11-9-17-13(15-11)14(3,4)5/h9-10,12,16H,6-8H2,1-5H3. The first-order valence-electron chi connectivity index (χ1n) is 6.48. The molecule has 0 fully saturated rings. The number of rotatable bonds is 5. The highest BCUT2D eigenvalue weighted by Gasteiger charge is 2.21. The molecule has 0 aliphatic rings. The Kier molecular flexibility index (Phi) is 5.14. The topological polar surface area (TPSA) is 33.1 Å². The van der Waals surface area contributed by atoms with Gasteiger partial charge in [0.15, 0.2) is 0 Å². The van der Waals surface area contributed by atoms with Crippen LogP contribution in [0.3, 0.4) is 0 Å². The zero-order chi connectivity index (χ0) is 13.1. The highest BCUT2D eigenvalue weighted by atomic mass is 32.1. The zero-order valence-electron chi connectivity index (χ0n) is 11.7. The van der Waals surface area contributed by atoms with Gasteiger partial charge in [0.25, 0.3) is 0 Å². The smallest absolute Gasteiger partial charge is 0.0983 e. The van der Waals surface area contributed by atoms with E-state index in [4.69, 9.17) is 0 Å². The Labute approximate surface area is 109 Å². The summed E-state index contributed by atoms with van der Waals surface area (Å²) < 4.78 is 0. The Morgan fingerprint density at radius 1 is 1.41 bits per heavy atom. The van der Waals surface area contributed by atoms with Crippen LogP contribution in [0.1, 0.15) is 70.7 Å². The van der Waals surface area contributed by atoms with Gasteiger partial charge in [0, 0.05) is 10.8 Å². The summed E-state index contributed by atoms with van der Waals surface area (Å²) in [5, 5.41) is 13.3. The molecule has 1 aromatic heterocycles. The van der Waals surface area contributed by atoms with Crippen LogP contribution in [0.25, 0.3) is 0 Å². The normalized spacial score (nSPS) is 15.9. The molecule has 1 rings (SSSR count). The number of aromatic nitrogens is 1. The Balaban J connectivity index is 2.64. The summed E-state index contributed by atoms with van der Waals surface area (Å²) in [5.74, 6) is 0.565. The van der Waals surface area contributed by atoms with E-state index in [1.165, 1.54) is 12.8 Å². The van der Waals surface area contributed by atoms with Crippen LogP contribution < -0.4 is 0 Å². The molecule has 0 saturated heterocycles. The third-order valence-electron chi connectivity index (χ3n) is 2.91. The van der Waals surface area contributed by atoms with Gasteiger partial charge in [-0.15, -0.1) is 11.3 Å². The van der Waals surface area contributed by atoms with Crippen molar-refractivity contribution in [2.75, 3.05) is 0 Å². The minimum atomic E-state index is -0.399. The molecule has 1 heterocycles. The van der Waals surface area contributed by atoms with E-state index in [2.05, 4.69) is 39.6 Å². The third kappa shape index (κ3) is 4.40. The minimum absolute atomic E-state index is 0.0810. The van der Waals surface area contributed by atoms with Gasteiger partial charge in [-0.05, 0) is 12.3 Å². The Bertz CT molecular complexity index is 340. The predicted octanol–water partition coefficient (Wildman–Crippen LogP) is 4.30. The molecule has 0 spiro atoms. The lowest BCUT2D eigenvalue weighted by atomic mass is 9.97. The number of hydrogen-bond donors (Lipinski definition) is 1. The van der Waals surface area contributed by atoms with Gasteiger partial charge in [0.1, 0.15) is 0 Å². The molecule has 0 aromatic carbocycles. The summed E-state index contributed by atoms with van der Waals surface area (Å²) in [6.07, 6.45) is 2.77. The largest absolute Gasteiger partial charge is 0.387 e. The van der Waals surface area contributed by atoms with Gasteiger partial charge in [-0.3, -0.25) is 0 Å². The molecule has 0 aliphatic carbocycles. The van der Waals surface area contributed by atoms with Gasteiger partial charge < -0.3 is 5.11 Å². The van der Waals surface area contributed by atoms with Crippen LogP contribution in [-0.2, 0) is 5.41 Å². The summed E-state index contributed by atoms with van der Waals surface area (Å²) >= 11 is 1.65. The van der Waals surface area contributed by atoms with Crippen molar-refractivity contribution in [1.82, 2.24) is 4.98 Å². The van der Waals surface area contributed by atoms with Crippen molar-refractivity contribution in [3.8, 4) is 0 Å². The molecule has 17 heavy (non-hydrogen) atoms. The molecule has 0 aliphatic heterocycles. The van der Waals surface area contributed by atoms with Crippen molar-refractivity contribution in [1.29, 1.82) is 0 Å². The van der Waals surface area contributed by atoms with Crippen LogP contribution in [-0.4, -0.2) is 10.1 Å². The maximum atomic E-state index is 10.1. The highest BCUT2D eigenvalue weighted by molar-refractivity contribution is 7.09. The second kappa shape index (κ2) is 5.96. The van der Waals surface area contributed by atoms with Crippen LogP contribution in [0.5, 0.6) is 0 Å². The lowest BCUT2D eigenvalue weighted by molar-refractivity contribution is 0.141. The number of thiazole rings is 1. The molecular formula is C14H25NOS. The van der Waals surface area contributed by atoms with Crippen molar-refractivity contribution in [3.05, 3.63) is 16.1 Å². The first-order chi connectivity index (χ1) is 7.84. The Hall–Kier alpha value is -0.410. The van der Waals surface area contributed by atoms with Gasteiger partial charge in [-0.1, -0.05) is 47.5 Å². The van der Waals surface area contributed by atoms with Gasteiger partial charge in [-0.25, -0.2) is 4.98 Å². The number of hydrogen-bond acceptors (Lipinski definition) is 3.